The summed E-state index contributed by atoms with van der Waals surface area (Å²) in [6, 6.07) is 22.1. The first-order valence-electron chi connectivity index (χ1n) is 11.9. The van der Waals surface area contributed by atoms with E-state index in [0.717, 1.165) is 15.3 Å². The molecule has 1 fully saturated rings. The molecular formula is C29H20FN3O4S. The highest BCUT2D eigenvalue weighted by Crippen LogP contribution is 2.31. The first-order chi connectivity index (χ1) is 18.5. The van der Waals surface area contributed by atoms with Crippen LogP contribution in [0.2, 0.25) is 0 Å². The van der Waals surface area contributed by atoms with Crippen LogP contribution in [0.5, 0.6) is 0 Å². The molecule has 0 N–H and O–H groups in total. The highest BCUT2D eigenvalue weighted by Gasteiger charge is 2.44. The second-order valence-electron chi connectivity index (χ2n) is 8.84. The molecule has 3 aromatic carbocycles. The lowest BCUT2D eigenvalue weighted by atomic mass is 10.1. The van der Waals surface area contributed by atoms with Crippen molar-refractivity contribution in [2.24, 2.45) is 0 Å². The number of para-hydroxylation sites is 2. The van der Waals surface area contributed by atoms with Crippen molar-refractivity contribution in [2.75, 3.05) is 4.90 Å². The van der Waals surface area contributed by atoms with Gasteiger partial charge in [0, 0.05) is 16.0 Å². The summed E-state index contributed by atoms with van der Waals surface area (Å²) in [5.74, 6) is -1.38. The average molecular weight is 526 g/mol. The molecule has 0 spiro atoms. The molecule has 3 heterocycles. The fourth-order valence-corrected chi connectivity index (χ4v) is 5.23. The second-order valence-corrected chi connectivity index (χ2v) is 9.87. The van der Waals surface area contributed by atoms with Gasteiger partial charge in [-0.05, 0) is 72.1 Å². The second kappa shape index (κ2) is 9.68. The van der Waals surface area contributed by atoms with E-state index < -0.39 is 29.6 Å². The quantitative estimate of drug-likeness (QED) is 0.267. The molecule has 1 atom stereocenters. The fraction of sp³-hybridized carbons (Fsp3) is 0.103. The molecule has 5 aromatic rings. The first-order valence-corrected chi connectivity index (χ1v) is 12.8. The summed E-state index contributed by atoms with van der Waals surface area (Å²) in [6.45, 7) is 0.155. The molecule has 0 radical (unpaired) electrons. The molecule has 2 aromatic heterocycles. The van der Waals surface area contributed by atoms with Crippen LogP contribution >= 0.6 is 11.3 Å². The highest BCUT2D eigenvalue weighted by molar-refractivity contribution is 7.09. The van der Waals surface area contributed by atoms with Crippen LogP contribution in [0.15, 0.2) is 94.7 Å². The first kappa shape index (κ1) is 23.7. The standard InChI is InChI=1S/C29H20FN3O4S/c30-20-11-7-19(8-12-20)28(35)32(17-22-4-3-15-38-22)24-16-26(34)33(29(24)36)21-13-9-18(10-14-21)27-31-23-5-1-2-6-25(23)37-27/h1-15,24H,16-17H2. The summed E-state index contributed by atoms with van der Waals surface area (Å²) >= 11 is 1.45. The number of hydrogen-bond donors (Lipinski definition) is 0. The van der Waals surface area contributed by atoms with Crippen molar-refractivity contribution in [3.05, 3.63) is 107 Å². The fourth-order valence-electron chi connectivity index (χ4n) is 4.53. The average Bonchev–Trinajstić information content (AvgIpc) is 3.67. The Bertz CT molecular complexity index is 1610. The monoisotopic (exact) mass is 525 g/mol. The largest absolute Gasteiger partial charge is 0.436 e. The number of anilines is 1. The number of rotatable bonds is 6. The number of thiophene rings is 1. The Morgan fingerprint density at radius 1 is 1.00 bits per heavy atom. The van der Waals surface area contributed by atoms with E-state index in [0.29, 0.717) is 22.7 Å². The number of oxazole rings is 1. The Morgan fingerprint density at radius 3 is 2.47 bits per heavy atom. The van der Waals surface area contributed by atoms with E-state index in [4.69, 9.17) is 4.42 Å². The van der Waals surface area contributed by atoms with Crippen molar-refractivity contribution < 1.29 is 23.2 Å². The molecule has 0 aliphatic carbocycles. The normalized spacial score (nSPS) is 15.4. The predicted molar refractivity (Wildman–Crippen MR) is 141 cm³/mol. The third-order valence-corrected chi connectivity index (χ3v) is 7.28. The Hall–Kier alpha value is -4.63. The molecule has 0 bridgehead atoms. The van der Waals surface area contributed by atoms with Gasteiger partial charge in [0.2, 0.25) is 11.8 Å². The minimum absolute atomic E-state index is 0.149. The van der Waals surface area contributed by atoms with Crippen LogP contribution in [0.3, 0.4) is 0 Å². The molecule has 188 valence electrons. The number of halogens is 1. The number of fused-ring (bicyclic) bond motifs is 1. The zero-order valence-electron chi connectivity index (χ0n) is 19.9. The molecule has 1 aliphatic heterocycles. The molecule has 0 saturated carbocycles. The van der Waals surface area contributed by atoms with Crippen LogP contribution in [0.1, 0.15) is 21.7 Å². The molecular weight excluding hydrogens is 505 g/mol. The summed E-state index contributed by atoms with van der Waals surface area (Å²) < 4.78 is 19.3. The topological polar surface area (TPSA) is 83.7 Å². The number of benzene rings is 3. The van der Waals surface area contributed by atoms with Gasteiger partial charge in [-0.1, -0.05) is 18.2 Å². The Morgan fingerprint density at radius 2 is 1.76 bits per heavy atom. The van der Waals surface area contributed by atoms with E-state index in [1.165, 1.54) is 40.5 Å². The number of amides is 3. The summed E-state index contributed by atoms with van der Waals surface area (Å²) in [4.78, 5) is 47.9. The summed E-state index contributed by atoms with van der Waals surface area (Å²) in [7, 11) is 0. The highest BCUT2D eigenvalue weighted by atomic mass is 32.1. The van der Waals surface area contributed by atoms with E-state index >= 15 is 0 Å². The van der Waals surface area contributed by atoms with Crippen LogP contribution in [0.25, 0.3) is 22.6 Å². The van der Waals surface area contributed by atoms with Gasteiger partial charge < -0.3 is 9.32 Å². The van der Waals surface area contributed by atoms with E-state index in [1.807, 2.05) is 41.8 Å². The van der Waals surface area contributed by atoms with Crippen molar-refractivity contribution in [1.82, 2.24) is 9.88 Å². The van der Waals surface area contributed by atoms with Crippen molar-refractivity contribution in [2.45, 2.75) is 19.0 Å². The molecule has 1 aliphatic rings. The number of aromatic nitrogens is 1. The lowest BCUT2D eigenvalue weighted by molar-refractivity contribution is -0.122. The number of nitrogens with zero attached hydrogens (tertiary/aromatic N) is 3. The van der Waals surface area contributed by atoms with Crippen molar-refractivity contribution in [3.63, 3.8) is 0 Å². The molecule has 1 unspecified atom stereocenters. The van der Waals surface area contributed by atoms with Gasteiger partial charge in [0.15, 0.2) is 5.58 Å². The zero-order valence-corrected chi connectivity index (χ0v) is 20.7. The lowest BCUT2D eigenvalue weighted by Gasteiger charge is -2.27. The van der Waals surface area contributed by atoms with Gasteiger partial charge in [-0.15, -0.1) is 11.3 Å². The van der Waals surface area contributed by atoms with Crippen LogP contribution in [0, 0.1) is 5.82 Å². The predicted octanol–water partition coefficient (Wildman–Crippen LogP) is 5.67. The van der Waals surface area contributed by atoms with Gasteiger partial charge in [0.25, 0.3) is 11.8 Å². The summed E-state index contributed by atoms with van der Waals surface area (Å²) in [6.07, 6.45) is -0.149. The SMILES string of the molecule is O=C1CC(N(Cc2cccs2)C(=O)c2ccc(F)cc2)C(=O)N1c1ccc(-c2nc3ccccc3o2)cc1. The van der Waals surface area contributed by atoms with Gasteiger partial charge in [0.1, 0.15) is 17.4 Å². The maximum Gasteiger partial charge on any atom is 0.257 e. The zero-order chi connectivity index (χ0) is 26.2. The lowest BCUT2D eigenvalue weighted by Crippen LogP contribution is -2.45. The maximum absolute atomic E-state index is 13.6. The number of carbonyl (C=O) groups excluding carboxylic acids is 3. The van der Waals surface area contributed by atoms with Crippen LogP contribution in [-0.4, -0.2) is 33.6 Å². The van der Waals surface area contributed by atoms with Gasteiger partial charge in [0.05, 0.1) is 18.7 Å². The van der Waals surface area contributed by atoms with E-state index in [9.17, 15) is 18.8 Å². The van der Waals surface area contributed by atoms with E-state index in [-0.39, 0.29) is 18.5 Å². The Labute approximate surface area is 220 Å². The Kier molecular flexibility index (Phi) is 6.05. The molecule has 3 amide bonds. The molecule has 9 heteroatoms. The van der Waals surface area contributed by atoms with Crippen LogP contribution in [0.4, 0.5) is 10.1 Å². The number of carbonyl (C=O) groups is 3. The summed E-state index contributed by atoms with van der Waals surface area (Å²) in [5.41, 5.74) is 2.73. The van der Waals surface area contributed by atoms with Crippen molar-refractivity contribution >= 4 is 45.8 Å². The third kappa shape index (κ3) is 4.37. The van der Waals surface area contributed by atoms with E-state index in [1.54, 1.807) is 24.3 Å². The maximum atomic E-state index is 13.6. The molecule has 1 saturated heterocycles. The van der Waals surface area contributed by atoms with Gasteiger partial charge in [-0.3, -0.25) is 14.4 Å². The third-order valence-electron chi connectivity index (χ3n) is 6.42. The van der Waals surface area contributed by atoms with Gasteiger partial charge in [-0.2, -0.15) is 0 Å². The molecule has 38 heavy (non-hydrogen) atoms. The summed E-state index contributed by atoms with van der Waals surface area (Å²) in [5, 5.41) is 1.88. The minimum Gasteiger partial charge on any atom is -0.436 e. The number of imide groups is 1. The van der Waals surface area contributed by atoms with E-state index in [2.05, 4.69) is 4.98 Å². The molecule has 7 nitrogen and oxygen atoms in total. The van der Waals surface area contributed by atoms with Crippen LogP contribution in [-0.2, 0) is 16.1 Å². The van der Waals surface area contributed by atoms with Crippen LogP contribution < -0.4 is 4.90 Å². The molecule has 6 rings (SSSR count). The Balaban J connectivity index is 1.28. The number of hydrogen-bond acceptors (Lipinski definition) is 6. The van der Waals surface area contributed by atoms with Gasteiger partial charge >= 0.3 is 0 Å². The smallest absolute Gasteiger partial charge is 0.257 e. The van der Waals surface area contributed by atoms with Crippen molar-refractivity contribution in [3.8, 4) is 11.5 Å². The van der Waals surface area contributed by atoms with Gasteiger partial charge in [-0.25, -0.2) is 14.3 Å². The minimum atomic E-state index is -0.987. The van der Waals surface area contributed by atoms with Crippen molar-refractivity contribution in [1.29, 1.82) is 0 Å².